The first-order valence-corrected chi connectivity index (χ1v) is 10.2. The van der Waals surface area contributed by atoms with Crippen LogP contribution in [0.2, 0.25) is 10.0 Å². The van der Waals surface area contributed by atoms with Crippen LogP contribution in [0.3, 0.4) is 0 Å². The number of anilines is 1. The fraction of sp³-hybridized carbons (Fsp3) is 0.0833. The summed E-state index contributed by atoms with van der Waals surface area (Å²) in [6, 6.07) is 17.7. The molecule has 4 rings (SSSR count). The van der Waals surface area contributed by atoms with Crippen LogP contribution in [0, 0.1) is 12.7 Å². The number of nitrogens with one attached hydrogen (secondary N) is 1. The van der Waals surface area contributed by atoms with Crippen LogP contribution >= 0.6 is 23.2 Å². The molecule has 0 aliphatic carbocycles. The number of carbonyl (C=O) groups is 2. The lowest BCUT2D eigenvalue weighted by atomic mass is 10.0. The van der Waals surface area contributed by atoms with Crippen LogP contribution in [0.15, 0.2) is 72.4 Å². The zero-order valence-electron chi connectivity index (χ0n) is 16.5. The molecule has 1 N–H and O–H groups in total. The van der Waals surface area contributed by atoms with Crippen molar-refractivity contribution in [2.24, 2.45) is 0 Å². The van der Waals surface area contributed by atoms with Gasteiger partial charge in [0.05, 0.1) is 12.1 Å². The van der Waals surface area contributed by atoms with Crippen LogP contribution in [-0.4, -0.2) is 16.7 Å². The molecule has 1 aliphatic heterocycles. The highest BCUT2D eigenvalue weighted by Gasteiger charge is 2.39. The number of halogens is 3. The van der Waals surface area contributed by atoms with Gasteiger partial charge in [-0.2, -0.15) is 0 Å². The van der Waals surface area contributed by atoms with Crippen LogP contribution in [0.1, 0.15) is 16.7 Å². The molecular formula is C24H17Cl2FN2O2. The topological polar surface area (TPSA) is 49.4 Å². The molecule has 1 heterocycles. The summed E-state index contributed by atoms with van der Waals surface area (Å²) in [6.07, 6.45) is 0. The Hall–Kier alpha value is -3.15. The summed E-state index contributed by atoms with van der Waals surface area (Å²) in [5, 5.41) is 4.06. The van der Waals surface area contributed by atoms with Gasteiger partial charge in [0.25, 0.3) is 11.8 Å². The average molecular weight is 455 g/mol. The van der Waals surface area contributed by atoms with Gasteiger partial charge < -0.3 is 5.32 Å². The van der Waals surface area contributed by atoms with Gasteiger partial charge in [0.2, 0.25) is 0 Å². The minimum absolute atomic E-state index is 0.0156. The van der Waals surface area contributed by atoms with E-state index in [9.17, 15) is 14.0 Å². The maximum atomic E-state index is 13.5. The number of rotatable bonds is 5. The molecule has 2 amide bonds. The van der Waals surface area contributed by atoms with Gasteiger partial charge in [-0.25, -0.2) is 4.39 Å². The van der Waals surface area contributed by atoms with Crippen LogP contribution in [0.25, 0.3) is 5.57 Å². The third-order valence-electron chi connectivity index (χ3n) is 5.11. The molecular weight excluding hydrogens is 438 g/mol. The molecule has 3 aromatic rings. The van der Waals surface area contributed by atoms with Crippen molar-refractivity contribution in [3.05, 3.63) is 105 Å². The first kappa shape index (κ1) is 21.1. The van der Waals surface area contributed by atoms with Gasteiger partial charge in [-0.3, -0.25) is 14.5 Å². The number of imide groups is 1. The fourth-order valence-corrected chi connectivity index (χ4v) is 3.76. The van der Waals surface area contributed by atoms with Crippen LogP contribution in [-0.2, 0) is 16.1 Å². The third-order valence-corrected chi connectivity index (χ3v) is 5.89. The predicted molar refractivity (Wildman–Crippen MR) is 120 cm³/mol. The Balaban J connectivity index is 1.78. The van der Waals surface area contributed by atoms with Crippen molar-refractivity contribution in [1.29, 1.82) is 0 Å². The maximum absolute atomic E-state index is 13.5. The summed E-state index contributed by atoms with van der Waals surface area (Å²) >= 11 is 12.5. The van der Waals surface area contributed by atoms with Crippen molar-refractivity contribution in [3.63, 3.8) is 0 Å². The zero-order chi connectivity index (χ0) is 22.1. The number of amides is 2. The molecule has 0 unspecified atom stereocenters. The number of hydrogen-bond donors (Lipinski definition) is 1. The highest BCUT2D eigenvalue weighted by molar-refractivity contribution is 6.37. The molecule has 31 heavy (non-hydrogen) atoms. The summed E-state index contributed by atoms with van der Waals surface area (Å²) in [5.74, 6) is -1.42. The van der Waals surface area contributed by atoms with E-state index in [0.29, 0.717) is 26.9 Å². The summed E-state index contributed by atoms with van der Waals surface area (Å²) in [5.41, 5.74) is 2.68. The first-order valence-electron chi connectivity index (χ1n) is 9.48. The SMILES string of the molecule is Cc1c(Cl)cccc1NC1=C(c2ccc(F)cc2)C(=O)N(Cc2ccccc2Cl)C1=O. The minimum atomic E-state index is -0.497. The van der Waals surface area contributed by atoms with Gasteiger partial charge in [0.15, 0.2) is 0 Å². The van der Waals surface area contributed by atoms with Gasteiger partial charge in [0.1, 0.15) is 11.5 Å². The molecule has 0 spiro atoms. The van der Waals surface area contributed by atoms with Crippen LogP contribution < -0.4 is 5.32 Å². The highest BCUT2D eigenvalue weighted by Crippen LogP contribution is 2.34. The fourth-order valence-electron chi connectivity index (χ4n) is 3.39. The molecule has 3 aromatic carbocycles. The van der Waals surface area contributed by atoms with E-state index in [0.717, 1.165) is 10.5 Å². The second kappa shape index (κ2) is 8.53. The van der Waals surface area contributed by atoms with Crippen molar-refractivity contribution in [1.82, 2.24) is 4.90 Å². The molecule has 1 aliphatic rings. The summed E-state index contributed by atoms with van der Waals surface area (Å²) in [6.45, 7) is 1.83. The summed E-state index contributed by atoms with van der Waals surface area (Å²) in [4.78, 5) is 27.8. The van der Waals surface area contributed by atoms with E-state index in [1.165, 1.54) is 24.3 Å². The molecule has 0 fully saturated rings. The molecule has 156 valence electrons. The second-order valence-corrected chi connectivity index (χ2v) is 7.90. The van der Waals surface area contributed by atoms with Gasteiger partial charge in [-0.1, -0.05) is 59.6 Å². The lowest BCUT2D eigenvalue weighted by Gasteiger charge is -2.16. The Labute approximate surface area is 188 Å². The van der Waals surface area contributed by atoms with Crippen molar-refractivity contribution >= 4 is 46.3 Å². The highest BCUT2D eigenvalue weighted by atomic mass is 35.5. The summed E-state index contributed by atoms with van der Waals surface area (Å²) < 4.78 is 13.5. The minimum Gasteiger partial charge on any atom is -0.350 e. The molecule has 0 aromatic heterocycles. The van der Waals surface area contributed by atoms with Crippen molar-refractivity contribution in [3.8, 4) is 0 Å². The first-order chi connectivity index (χ1) is 14.9. The van der Waals surface area contributed by atoms with Crippen molar-refractivity contribution in [2.75, 3.05) is 5.32 Å². The Morgan fingerprint density at radius 3 is 2.26 bits per heavy atom. The van der Waals surface area contributed by atoms with E-state index in [1.54, 1.807) is 42.5 Å². The number of carbonyl (C=O) groups excluding carboxylic acids is 2. The standard InChI is InChI=1S/C24H17Cl2FN2O2/c1-14-18(25)7-4-8-20(14)28-22-21(15-9-11-17(27)12-10-15)23(30)29(24(22)31)13-16-5-2-3-6-19(16)26/h2-12,28H,13H2,1H3. The van der Waals surface area contributed by atoms with Gasteiger partial charge >= 0.3 is 0 Å². The third kappa shape index (κ3) is 4.07. The lowest BCUT2D eigenvalue weighted by Crippen LogP contribution is -2.32. The zero-order valence-corrected chi connectivity index (χ0v) is 18.0. The predicted octanol–water partition coefficient (Wildman–Crippen LogP) is 5.83. The average Bonchev–Trinajstić information content (AvgIpc) is 2.98. The van der Waals surface area contributed by atoms with Crippen LogP contribution in [0.4, 0.5) is 10.1 Å². The quantitative estimate of drug-likeness (QED) is 0.493. The van der Waals surface area contributed by atoms with Crippen molar-refractivity contribution in [2.45, 2.75) is 13.5 Å². The van der Waals surface area contributed by atoms with E-state index in [-0.39, 0.29) is 17.8 Å². The van der Waals surface area contributed by atoms with E-state index < -0.39 is 17.6 Å². The summed E-state index contributed by atoms with van der Waals surface area (Å²) in [7, 11) is 0. The Kier molecular flexibility index (Phi) is 5.81. The Bertz CT molecular complexity index is 1220. The monoisotopic (exact) mass is 454 g/mol. The maximum Gasteiger partial charge on any atom is 0.278 e. The Morgan fingerprint density at radius 2 is 1.55 bits per heavy atom. The largest absolute Gasteiger partial charge is 0.350 e. The van der Waals surface area contributed by atoms with E-state index >= 15 is 0 Å². The number of benzene rings is 3. The molecule has 0 bridgehead atoms. The van der Waals surface area contributed by atoms with Crippen molar-refractivity contribution < 1.29 is 14.0 Å². The van der Waals surface area contributed by atoms with Gasteiger partial charge in [0, 0.05) is 15.7 Å². The lowest BCUT2D eigenvalue weighted by molar-refractivity contribution is -0.137. The Morgan fingerprint density at radius 1 is 0.871 bits per heavy atom. The molecule has 7 heteroatoms. The molecule has 0 saturated heterocycles. The van der Waals surface area contributed by atoms with Gasteiger partial charge in [-0.05, 0) is 53.9 Å². The molecule has 4 nitrogen and oxygen atoms in total. The van der Waals surface area contributed by atoms with Crippen LogP contribution in [0.5, 0.6) is 0 Å². The van der Waals surface area contributed by atoms with Gasteiger partial charge in [-0.15, -0.1) is 0 Å². The normalized spacial score (nSPS) is 13.9. The second-order valence-electron chi connectivity index (χ2n) is 7.08. The number of nitrogens with zero attached hydrogens (tertiary/aromatic N) is 1. The molecule has 0 saturated carbocycles. The number of hydrogen-bond acceptors (Lipinski definition) is 3. The molecule has 0 radical (unpaired) electrons. The van der Waals surface area contributed by atoms with E-state index in [1.807, 2.05) is 6.92 Å². The van der Waals surface area contributed by atoms with E-state index in [4.69, 9.17) is 23.2 Å². The molecule has 0 atom stereocenters. The van der Waals surface area contributed by atoms with E-state index in [2.05, 4.69) is 5.32 Å². The smallest absolute Gasteiger partial charge is 0.278 e.